The summed E-state index contributed by atoms with van der Waals surface area (Å²) in [6.45, 7) is 4.40. The maximum absolute atomic E-state index is 10.6. The lowest BCUT2D eigenvalue weighted by molar-refractivity contribution is 0.214. The number of aliphatic hydroxyl groups excluding tert-OH is 1. The average molecular weight is 270 g/mol. The number of para-hydroxylation sites is 1. The molecule has 106 valence electrons. The van der Waals surface area contributed by atoms with E-state index in [0.29, 0.717) is 11.7 Å². The van der Waals surface area contributed by atoms with Gasteiger partial charge in [-0.3, -0.25) is 0 Å². The minimum absolute atomic E-state index is 0.605. The van der Waals surface area contributed by atoms with E-state index in [4.69, 9.17) is 4.74 Å². The Morgan fingerprint density at radius 3 is 2.50 bits per heavy atom. The van der Waals surface area contributed by atoms with Gasteiger partial charge in [-0.1, -0.05) is 56.3 Å². The first-order chi connectivity index (χ1) is 9.61. The molecule has 0 fully saturated rings. The summed E-state index contributed by atoms with van der Waals surface area (Å²) in [6.07, 6.45) is 0.366. The molecule has 0 heterocycles. The first kappa shape index (κ1) is 14.6. The Labute approximate surface area is 121 Å². The molecule has 0 amide bonds. The van der Waals surface area contributed by atoms with Crippen LogP contribution in [0.2, 0.25) is 0 Å². The van der Waals surface area contributed by atoms with Gasteiger partial charge in [0.1, 0.15) is 11.9 Å². The molecule has 2 aromatic carbocycles. The van der Waals surface area contributed by atoms with Gasteiger partial charge in [0, 0.05) is 5.56 Å². The fraction of sp³-hybridized carbons (Fsp3) is 0.333. The van der Waals surface area contributed by atoms with Gasteiger partial charge in [0.2, 0.25) is 0 Å². The van der Waals surface area contributed by atoms with Crippen LogP contribution in [0.3, 0.4) is 0 Å². The van der Waals surface area contributed by atoms with Gasteiger partial charge < -0.3 is 9.84 Å². The summed E-state index contributed by atoms with van der Waals surface area (Å²) in [7, 11) is 1.63. The van der Waals surface area contributed by atoms with E-state index < -0.39 is 6.10 Å². The highest BCUT2D eigenvalue weighted by Crippen LogP contribution is 2.30. The molecule has 0 spiro atoms. The van der Waals surface area contributed by atoms with Gasteiger partial charge in [0.05, 0.1) is 7.11 Å². The largest absolute Gasteiger partial charge is 0.496 e. The molecule has 0 saturated heterocycles. The number of ether oxygens (including phenoxy) is 1. The van der Waals surface area contributed by atoms with Crippen LogP contribution in [0.1, 0.15) is 36.6 Å². The third kappa shape index (κ3) is 3.40. The molecule has 20 heavy (non-hydrogen) atoms. The summed E-state index contributed by atoms with van der Waals surface area (Å²) in [5.41, 5.74) is 2.97. The molecule has 2 heteroatoms. The van der Waals surface area contributed by atoms with E-state index in [-0.39, 0.29) is 0 Å². The zero-order valence-corrected chi connectivity index (χ0v) is 12.3. The highest BCUT2D eigenvalue weighted by Gasteiger charge is 2.15. The molecule has 0 saturated carbocycles. The molecule has 0 aliphatic heterocycles. The van der Waals surface area contributed by atoms with Gasteiger partial charge >= 0.3 is 0 Å². The Morgan fingerprint density at radius 2 is 1.80 bits per heavy atom. The van der Waals surface area contributed by atoms with Gasteiger partial charge in [-0.25, -0.2) is 0 Å². The Balaban J connectivity index is 2.30. The molecular weight excluding hydrogens is 248 g/mol. The highest BCUT2D eigenvalue weighted by molar-refractivity contribution is 5.41. The van der Waals surface area contributed by atoms with Crippen LogP contribution in [0.4, 0.5) is 0 Å². The van der Waals surface area contributed by atoms with Gasteiger partial charge in [-0.05, 0) is 29.5 Å². The Morgan fingerprint density at radius 1 is 1.05 bits per heavy atom. The van der Waals surface area contributed by atoms with Crippen molar-refractivity contribution in [2.75, 3.05) is 7.11 Å². The normalized spacial score (nSPS) is 12.4. The van der Waals surface area contributed by atoms with Crippen LogP contribution >= 0.6 is 0 Å². The van der Waals surface area contributed by atoms with Crippen LogP contribution in [0.5, 0.6) is 5.75 Å². The second-order valence-corrected chi connectivity index (χ2v) is 5.49. The van der Waals surface area contributed by atoms with E-state index in [0.717, 1.165) is 17.5 Å². The zero-order chi connectivity index (χ0) is 14.5. The van der Waals surface area contributed by atoms with Crippen molar-refractivity contribution >= 4 is 0 Å². The van der Waals surface area contributed by atoms with Crippen molar-refractivity contribution in [3.8, 4) is 5.75 Å². The van der Waals surface area contributed by atoms with Gasteiger partial charge in [0.15, 0.2) is 0 Å². The molecule has 2 aromatic rings. The lowest BCUT2D eigenvalue weighted by Gasteiger charge is -2.16. The zero-order valence-electron chi connectivity index (χ0n) is 12.3. The quantitative estimate of drug-likeness (QED) is 0.890. The van der Waals surface area contributed by atoms with Gasteiger partial charge in [0.25, 0.3) is 0 Å². The van der Waals surface area contributed by atoms with Crippen LogP contribution in [0.25, 0.3) is 0 Å². The number of rotatable bonds is 5. The van der Waals surface area contributed by atoms with Gasteiger partial charge in [-0.2, -0.15) is 0 Å². The molecule has 0 aliphatic carbocycles. The summed E-state index contributed by atoms with van der Waals surface area (Å²) < 4.78 is 5.32. The predicted octanol–water partition coefficient (Wildman–Crippen LogP) is 3.98. The van der Waals surface area contributed by atoms with E-state index in [1.165, 1.54) is 5.56 Å². The number of hydrogen-bond acceptors (Lipinski definition) is 2. The molecule has 0 aromatic heterocycles. The second kappa shape index (κ2) is 6.58. The lowest BCUT2D eigenvalue weighted by Crippen LogP contribution is -2.03. The van der Waals surface area contributed by atoms with Crippen LogP contribution in [0.15, 0.2) is 48.5 Å². The summed E-state index contributed by atoms with van der Waals surface area (Å²) in [4.78, 5) is 0. The van der Waals surface area contributed by atoms with Crippen molar-refractivity contribution in [3.05, 3.63) is 65.2 Å². The first-order valence-corrected chi connectivity index (χ1v) is 7.01. The monoisotopic (exact) mass is 270 g/mol. The van der Waals surface area contributed by atoms with E-state index in [9.17, 15) is 5.11 Å². The lowest BCUT2D eigenvalue weighted by atomic mass is 9.96. The van der Waals surface area contributed by atoms with Crippen LogP contribution in [0, 0.1) is 5.92 Å². The fourth-order valence-corrected chi connectivity index (χ4v) is 2.43. The molecule has 2 nitrogen and oxygen atoms in total. The summed E-state index contributed by atoms with van der Waals surface area (Å²) in [6, 6.07) is 15.8. The molecule has 0 radical (unpaired) electrons. The van der Waals surface area contributed by atoms with E-state index >= 15 is 0 Å². The van der Waals surface area contributed by atoms with Crippen molar-refractivity contribution < 1.29 is 9.84 Å². The molecule has 1 atom stereocenters. The minimum Gasteiger partial charge on any atom is -0.496 e. The van der Waals surface area contributed by atoms with E-state index in [1.54, 1.807) is 7.11 Å². The number of hydrogen-bond donors (Lipinski definition) is 1. The summed E-state index contributed by atoms with van der Waals surface area (Å²) in [5.74, 6) is 1.32. The summed E-state index contributed by atoms with van der Waals surface area (Å²) >= 11 is 0. The maximum atomic E-state index is 10.6. The van der Waals surface area contributed by atoms with Crippen molar-refractivity contribution in [3.63, 3.8) is 0 Å². The van der Waals surface area contributed by atoms with Crippen LogP contribution in [-0.2, 0) is 6.42 Å². The second-order valence-electron chi connectivity index (χ2n) is 5.49. The third-order valence-corrected chi connectivity index (χ3v) is 3.34. The Bertz CT molecular complexity index is 561. The predicted molar refractivity (Wildman–Crippen MR) is 82.0 cm³/mol. The van der Waals surface area contributed by atoms with E-state index in [1.807, 2.05) is 36.4 Å². The van der Waals surface area contributed by atoms with Crippen molar-refractivity contribution in [1.29, 1.82) is 0 Å². The van der Waals surface area contributed by atoms with Gasteiger partial charge in [-0.15, -0.1) is 0 Å². The topological polar surface area (TPSA) is 29.5 Å². The van der Waals surface area contributed by atoms with Crippen LogP contribution < -0.4 is 4.74 Å². The number of methoxy groups -OCH3 is 1. The highest BCUT2D eigenvalue weighted by atomic mass is 16.5. The molecule has 0 bridgehead atoms. The Kier molecular flexibility index (Phi) is 4.80. The number of benzene rings is 2. The SMILES string of the molecule is COc1ccccc1C(O)c1cccc(CC(C)C)c1. The van der Waals surface area contributed by atoms with Crippen molar-refractivity contribution in [2.24, 2.45) is 5.92 Å². The summed E-state index contributed by atoms with van der Waals surface area (Å²) in [5, 5.41) is 10.6. The molecule has 2 rings (SSSR count). The first-order valence-electron chi connectivity index (χ1n) is 7.01. The fourth-order valence-electron chi connectivity index (χ4n) is 2.43. The number of aliphatic hydroxyl groups is 1. The van der Waals surface area contributed by atoms with Crippen molar-refractivity contribution in [2.45, 2.75) is 26.4 Å². The van der Waals surface area contributed by atoms with E-state index in [2.05, 4.69) is 26.0 Å². The van der Waals surface area contributed by atoms with Crippen LogP contribution in [-0.4, -0.2) is 12.2 Å². The standard InChI is InChI=1S/C18H22O2/c1-13(2)11-14-7-6-8-15(12-14)18(19)16-9-4-5-10-17(16)20-3/h4-10,12-13,18-19H,11H2,1-3H3. The molecule has 1 unspecified atom stereocenters. The molecule has 0 aliphatic rings. The maximum Gasteiger partial charge on any atom is 0.125 e. The van der Waals surface area contributed by atoms with Crippen molar-refractivity contribution in [1.82, 2.24) is 0 Å². The average Bonchev–Trinajstić information content (AvgIpc) is 2.46. The third-order valence-electron chi connectivity index (χ3n) is 3.34. The smallest absolute Gasteiger partial charge is 0.125 e. The molecular formula is C18H22O2. The molecule has 1 N–H and O–H groups in total. The minimum atomic E-state index is -0.654. The Hall–Kier alpha value is -1.80.